The first-order valence-electron chi connectivity index (χ1n) is 10.2. The van der Waals surface area contributed by atoms with Crippen LogP contribution in [0.25, 0.3) is 0 Å². The normalized spacial score (nSPS) is 19.1. The molecule has 3 amide bonds. The predicted molar refractivity (Wildman–Crippen MR) is 126 cm³/mol. The highest BCUT2D eigenvalue weighted by molar-refractivity contribution is 6.54. The number of anilines is 2. The standard InChI is InChI=1S/C23H20Cl3N3O3/c1-13-5-4-10-28(12-13)21(30)14-6-2-7-15(11-14)27-20-19(26)22(31)29(23(20)32)17-9-3-8-16(24)18(17)25/h2-3,6-9,11,13,27H,4-5,10,12H2,1H3. The van der Waals surface area contributed by atoms with Gasteiger partial charge in [-0.2, -0.15) is 0 Å². The molecule has 0 aromatic heterocycles. The molecule has 0 radical (unpaired) electrons. The summed E-state index contributed by atoms with van der Waals surface area (Å²) in [5, 5.41) is 2.91. The Morgan fingerprint density at radius 2 is 1.81 bits per heavy atom. The predicted octanol–water partition coefficient (Wildman–Crippen LogP) is 5.30. The van der Waals surface area contributed by atoms with Crippen LogP contribution in [-0.4, -0.2) is 35.7 Å². The quantitative estimate of drug-likeness (QED) is 0.588. The maximum Gasteiger partial charge on any atom is 0.283 e. The number of rotatable bonds is 4. The number of halogens is 3. The Morgan fingerprint density at radius 1 is 1.06 bits per heavy atom. The summed E-state index contributed by atoms with van der Waals surface area (Å²) in [5.74, 6) is -0.977. The topological polar surface area (TPSA) is 69.7 Å². The smallest absolute Gasteiger partial charge is 0.283 e. The van der Waals surface area contributed by atoms with Crippen LogP contribution in [0.5, 0.6) is 0 Å². The van der Waals surface area contributed by atoms with E-state index in [4.69, 9.17) is 34.8 Å². The van der Waals surface area contributed by atoms with Crippen LogP contribution in [0, 0.1) is 5.92 Å². The van der Waals surface area contributed by atoms with Gasteiger partial charge in [0.2, 0.25) is 0 Å². The summed E-state index contributed by atoms with van der Waals surface area (Å²) in [4.78, 5) is 41.4. The molecule has 0 saturated carbocycles. The van der Waals surface area contributed by atoms with Crippen LogP contribution in [0.1, 0.15) is 30.1 Å². The molecule has 0 spiro atoms. The molecule has 0 aliphatic carbocycles. The molecule has 1 N–H and O–H groups in total. The van der Waals surface area contributed by atoms with Crippen LogP contribution in [0.4, 0.5) is 11.4 Å². The Labute approximate surface area is 200 Å². The third-order valence-electron chi connectivity index (χ3n) is 5.52. The van der Waals surface area contributed by atoms with E-state index in [9.17, 15) is 14.4 Å². The lowest BCUT2D eigenvalue weighted by Crippen LogP contribution is -2.39. The summed E-state index contributed by atoms with van der Waals surface area (Å²) in [7, 11) is 0. The van der Waals surface area contributed by atoms with Crippen molar-refractivity contribution < 1.29 is 14.4 Å². The summed E-state index contributed by atoms with van der Waals surface area (Å²) in [6.45, 7) is 3.57. The number of hydrogen-bond acceptors (Lipinski definition) is 4. The molecule has 1 atom stereocenters. The summed E-state index contributed by atoms with van der Waals surface area (Å²) in [5.41, 5.74) is 1.01. The SMILES string of the molecule is CC1CCCN(C(=O)c2cccc(NC3=C(Cl)C(=O)N(c4cccc(Cl)c4Cl)C3=O)c2)C1. The minimum Gasteiger partial charge on any atom is -0.350 e. The molecular formula is C23H20Cl3N3O3. The number of imide groups is 1. The monoisotopic (exact) mass is 491 g/mol. The van der Waals surface area contributed by atoms with Crippen molar-refractivity contribution in [2.24, 2.45) is 5.92 Å². The van der Waals surface area contributed by atoms with Gasteiger partial charge in [-0.25, -0.2) is 4.90 Å². The van der Waals surface area contributed by atoms with Crippen molar-refractivity contribution in [3.8, 4) is 0 Å². The van der Waals surface area contributed by atoms with E-state index in [1.54, 1.807) is 36.4 Å². The van der Waals surface area contributed by atoms with E-state index in [-0.39, 0.29) is 32.4 Å². The molecule has 166 valence electrons. The fraction of sp³-hybridized carbons (Fsp3) is 0.261. The molecule has 1 unspecified atom stereocenters. The van der Waals surface area contributed by atoms with Crippen LogP contribution in [0.3, 0.4) is 0 Å². The highest BCUT2D eigenvalue weighted by Gasteiger charge is 2.40. The first-order chi connectivity index (χ1) is 15.3. The lowest BCUT2D eigenvalue weighted by atomic mass is 9.99. The number of piperidine rings is 1. The summed E-state index contributed by atoms with van der Waals surface area (Å²) >= 11 is 18.4. The molecule has 2 aliphatic rings. The van der Waals surface area contributed by atoms with E-state index in [0.29, 0.717) is 17.2 Å². The fourth-order valence-corrected chi connectivity index (χ4v) is 4.52. The molecule has 2 aromatic carbocycles. The Kier molecular flexibility index (Phi) is 6.47. The minimum atomic E-state index is -0.710. The average molecular weight is 493 g/mol. The van der Waals surface area contributed by atoms with Gasteiger partial charge in [-0.3, -0.25) is 14.4 Å². The van der Waals surface area contributed by atoms with Gasteiger partial charge in [0.05, 0.1) is 15.7 Å². The zero-order valence-corrected chi connectivity index (χ0v) is 19.5. The third kappa shape index (κ3) is 4.22. The molecule has 2 heterocycles. The van der Waals surface area contributed by atoms with Gasteiger partial charge in [0.15, 0.2) is 0 Å². The number of amides is 3. The van der Waals surface area contributed by atoms with E-state index in [2.05, 4.69) is 12.2 Å². The first-order valence-corrected chi connectivity index (χ1v) is 11.3. The van der Waals surface area contributed by atoms with Crippen molar-refractivity contribution in [3.05, 3.63) is 68.8 Å². The Morgan fingerprint density at radius 3 is 2.56 bits per heavy atom. The summed E-state index contributed by atoms with van der Waals surface area (Å²) in [6, 6.07) is 11.4. The molecule has 2 aliphatic heterocycles. The number of benzene rings is 2. The van der Waals surface area contributed by atoms with E-state index >= 15 is 0 Å². The Hall–Kier alpha value is -2.54. The van der Waals surface area contributed by atoms with Crippen LogP contribution >= 0.6 is 34.8 Å². The molecule has 32 heavy (non-hydrogen) atoms. The fourth-order valence-electron chi connectivity index (χ4n) is 3.93. The number of nitrogens with zero attached hydrogens (tertiary/aromatic N) is 2. The molecule has 0 bridgehead atoms. The van der Waals surface area contributed by atoms with Crippen LogP contribution in [0.15, 0.2) is 53.2 Å². The van der Waals surface area contributed by atoms with Crippen LogP contribution < -0.4 is 10.2 Å². The van der Waals surface area contributed by atoms with Gasteiger partial charge >= 0.3 is 0 Å². The second-order valence-corrected chi connectivity index (χ2v) is 9.08. The maximum atomic E-state index is 13.0. The zero-order chi connectivity index (χ0) is 23.0. The highest BCUT2D eigenvalue weighted by atomic mass is 35.5. The van der Waals surface area contributed by atoms with Gasteiger partial charge in [-0.15, -0.1) is 0 Å². The van der Waals surface area contributed by atoms with Crippen LogP contribution in [-0.2, 0) is 9.59 Å². The summed E-state index contributed by atoms with van der Waals surface area (Å²) < 4.78 is 0. The molecule has 6 nitrogen and oxygen atoms in total. The van der Waals surface area contributed by atoms with E-state index in [1.807, 2.05) is 4.90 Å². The second kappa shape index (κ2) is 9.14. The summed E-state index contributed by atoms with van der Waals surface area (Å²) in [6.07, 6.45) is 2.09. The molecule has 1 fully saturated rings. The van der Waals surface area contributed by atoms with Crippen molar-refractivity contribution in [1.82, 2.24) is 4.90 Å². The number of hydrogen-bond donors (Lipinski definition) is 1. The molecule has 1 saturated heterocycles. The second-order valence-electron chi connectivity index (χ2n) is 7.91. The zero-order valence-electron chi connectivity index (χ0n) is 17.2. The highest BCUT2D eigenvalue weighted by Crippen LogP contribution is 2.37. The number of likely N-dealkylation sites (tertiary alicyclic amines) is 1. The molecule has 9 heteroatoms. The molecule has 4 rings (SSSR count). The number of carbonyl (C=O) groups excluding carboxylic acids is 3. The van der Waals surface area contributed by atoms with Gasteiger partial charge in [-0.05, 0) is 49.1 Å². The van der Waals surface area contributed by atoms with Gasteiger partial charge in [0.25, 0.3) is 17.7 Å². The lowest BCUT2D eigenvalue weighted by Gasteiger charge is -2.31. The van der Waals surface area contributed by atoms with Gasteiger partial charge in [-0.1, -0.05) is 53.9 Å². The number of nitrogens with one attached hydrogen (secondary N) is 1. The van der Waals surface area contributed by atoms with Crippen molar-refractivity contribution in [2.75, 3.05) is 23.3 Å². The maximum absolute atomic E-state index is 13.0. The van der Waals surface area contributed by atoms with Crippen LogP contribution in [0.2, 0.25) is 10.0 Å². The van der Waals surface area contributed by atoms with Crippen molar-refractivity contribution >= 4 is 63.9 Å². The average Bonchev–Trinajstić information content (AvgIpc) is 2.99. The first kappa shape index (κ1) is 22.6. The van der Waals surface area contributed by atoms with E-state index in [1.165, 1.54) is 6.07 Å². The lowest BCUT2D eigenvalue weighted by molar-refractivity contribution is -0.120. The van der Waals surface area contributed by atoms with E-state index in [0.717, 1.165) is 30.8 Å². The van der Waals surface area contributed by atoms with Gasteiger partial charge < -0.3 is 10.2 Å². The minimum absolute atomic E-state index is 0.0681. The van der Waals surface area contributed by atoms with E-state index < -0.39 is 11.8 Å². The van der Waals surface area contributed by atoms with Gasteiger partial charge in [0.1, 0.15) is 10.7 Å². The van der Waals surface area contributed by atoms with Crippen molar-refractivity contribution in [2.45, 2.75) is 19.8 Å². The third-order valence-corrected chi connectivity index (χ3v) is 6.68. The molecular weight excluding hydrogens is 473 g/mol. The Balaban J connectivity index is 1.57. The Bertz CT molecular complexity index is 1150. The largest absolute Gasteiger partial charge is 0.350 e. The van der Waals surface area contributed by atoms with Gasteiger partial charge in [0, 0.05) is 24.3 Å². The van der Waals surface area contributed by atoms with Crippen molar-refractivity contribution in [1.29, 1.82) is 0 Å². The number of carbonyl (C=O) groups is 3. The van der Waals surface area contributed by atoms with Crippen molar-refractivity contribution in [3.63, 3.8) is 0 Å². The molecule has 2 aromatic rings.